The van der Waals surface area contributed by atoms with E-state index in [2.05, 4.69) is 0 Å². The number of non-ortho nitro benzene ring substituents is 2. The molecule has 0 unspecified atom stereocenters. The van der Waals surface area contributed by atoms with Crippen LogP contribution in [0, 0.1) is 27.2 Å². The van der Waals surface area contributed by atoms with Crippen LogP contribution >= 0.6 is 11.6 Å². The highest BCUT2D eigenvalue weighted by Gasteiger charge is 2.24. The molecule has 2 rings (SSSR count). The molecule has 2 aromatic carbocycles. The first-order chi connectivity index (χ1) is 11.1. The average Bonchev–Trinajstić information content (AvgIpc) is 2.48. The maximum atomic E-state index is 12.3. The van der Waals surface area contributed by atoms with Crippen LogP contribution in [0.25, 0.3) is 0 Å². The van der Waals surface area contributed by atoms with Gasteiger partial charge in [-0.2, -0.15) is 8.42 Å². The number of nitrogens with zero attached hydrogens (tertiary/aromatic N) is 2. The number of benzene rings is 2. The van der Waals surface area contributed by atoms with Crippen molar-refractivity contribution in [2.45, 2.75) is 11.8 Å². The summed E-state index contributed by atoms with van der Waals surface area (Å²) < 4.78 is 29.5. The van der Waals surface area contributed by atoms with Crippen LogP contribution in [0.2, 0.25) is 5.02 Å². The van der Waals surface area contributed by atoms with Crippen LogP contribution in [0.15, 0.2) is 41.3 Å². The van der Waals surface area contributed by atoms with Gasteiger partial charge in [-0.15, -0.1) is 0 Å². The van der Waals surface area contributed by atoms with Crippen molar-refractivity contribution >= 4 is 33.1 Å². The molecule has 24 heavy (non-hydrogen) atoms. The maximum absolute atomic E-state index is 12.3. The molecule has 0 bridgehead atoms. The Morgan fingerprint density at radius 1 is 1.00 bits per heavy atom. The molecular weight excluding hydrogens is 364 g/mol. The topological polar surface area (TPSA) is 130 Å². The van der Waals surface area contributed by atoms with Crippen LogP contribution < -0.4 is 4.18 Å². The molecular formula is C13H9ClN2O7S. The van der Waals surface area contributed by atoms with Gasteiger partial charge in [-0.05, 0) is 18.6 Å². The first-order valence-corrected chi connectivity index (χ1v) is 8.04. The summed E-state index contributed by atoms with van der Waals surface area (Å²) in [5.41, 5.74) is -0.521. The predicted octanol–water partition coefficient (Wildman–Crippen LogP) is 3.23. The van der Waals surface area contributed by atoms with Gasteiger partial charge in [0.05, 0.1) is 14.9 Å². The second-order valence-corrected chi connectivity index (χ2v) is 6.54. The summed E-state index contributed by atoms with van der Waals surface area (Å²) in [6.45, 7) is 1.44. The molecule has 0 radical (unpaired) electrons. The number of rotatable bonds is 5. The van der Waals surface area contributed by atoms with Crippen LogP contribution in [0.1, 0.15) is 5.56 Å². The van der Waals surface area contributed by atoms with Crippen LogP contribution in [-0.4, -0.2) is 18.3 Å². The molecule has 0 aliphatic carbocycles. The van der Waals surface area contributed by atoms with Crippen LogP contribution in [0.4, 0.5) is 11.4 Å². The second kappa shape index (κ2) is 6.42. The van der Waals surface area contributed by atoms with Crippen molar-refractivity contribution in [3.05, 3.63) is 67.2 Å². The van der Waals surface area contributed by atoms with Gasteiger partial charge in [-0.25, -0.2) is 0 Å². The first-order valence-electron chi connectivity index (χ1n) is 6.25. The predicted molar refractivity (Wildman–Crippen MR) is 83.8 cm³/mol. The standard InChI is InChI=1S/C13H9ClN2O7S/c1-8-2-3-10(16(19)20)7-13(8)24(21,22)23-12-5-4-9(15(17)18)6-11(12)14/h2-7H,1H3. The van der Waals surface area contributed by atoms with Crippen molar-refractivity contribution in [3.8, 4) is 5.75 Å². The van der Waals surface area contributed by atoms with Crippen molar-refractivity contribution in [3.63, 3.8) is 0 Å². The van der Waals surface area contributed by atoms with E-state index in [-0.39, 0.29) is 22.0 Å². The minimum atomic E-state index is -4.41. The maximum Gasteiger partial charge on any atom is 0.339 e. The van der Waals surface area contributed by atoms with Crippen molar-refractivity contribution < 1.29 is 22.4 Å². The number of hydrogen-bond acceptors (Lipinski definition) is 7. The zero-order valence-corrected chi connectivity index (χ0v) is 13.6. The van der Waals surface area contributed by atoms with Crippen molar-refractivity contribution in [2.75, 3.05) is 0 Å². The molecule has 0 aliphatic rings. The average molecular weight is 373 g/mol. The largest absolute Gasteiger partial charge is 0.377 e. The fourth-order valence-electron chi connectivity index (χ4n) is 1.81. The minimum absolute atomic E-state index is 0.235. The molecule has 0 aliphatic heterocycles. The zero-order valence-electron chi connectivity index (χ0n) is 12.0. The summed E-state index contributed by atoms with van der Waals surface area (Å²) in [7, 11) is -4.41. The Balaban J connectivity index is 2.44. The van der Waals surface area contributed by atoms with Crippen molar-refractivity contribution in [1.29, 1.82) is 0 Å². The highest BCUT2D eigenvalue weighted by atomic mass is 35.5. The Morgan fingerprint density at radius 2 is 1.54 bits per heavy atom. The van der Waals surface area contributed by atoms with Crippen LogP contribution in [0.5, 0.6) is 5.75 Å². The minimum Gasteiger partial charge on any atom is -0.377 e. The van der Waals surface area contributed by atoms with E-state index in [9.17, 15) is 28.6 Å². The van der Waals surface area contributed by atoms with Crippen LogP contribution in [0.3, 0.4) is 0 Å². The third kappa shape index (κ3) is 3.60. The molecule has 9 nitrogen and oxygen atoms in total. The number of hydrogen-bond donors (Lipinski definition) is 0. The fraction of sp³-hybridized carbons (Fsp3) is 0.0769. The normalized spacial score (nSPS) is 11.1. The number of nitro groups is 2. The smallest absolute Gasteiger partial charge is 0.339 e. The Bertz CT molecular complexity index is 943. The second-order valence-electron chi connectivity index (χ2n) is 4.62. The summed E-state index contributed by atoms with van der Waals surface area (Å²) >= 11 is 5.79. The Morgan fingerprint density at radius 3 is 2.08 bits per heavy atom. The molecule has 0 N–H and O–H groups in total. The molecule has 0 fully saturated rings. The molecule has 126 valence electrons. The SMILES string of the molecule is Cc1ccc([N+](=O)[O-])cc1S(=O)(=O)Oc1ccc([N+](=O)[O-])cc1Cl. The lowest BCUT2D eigenvalue weighted by molar-refractivity contribution is -0.385. The Kier molecular flexibility index (Phi) is 4.71. The lowest BCUT2D eigenvalue weighted by atomic mass is 10.2. The fourth-order valence-corrected chi connectivity index (χ4v) is 3.26. The van der Waals surface area contributed by atoms with Crippen LogP contribution in [-0.2, 0) is 10.1 Å². The number of halogens is 1. The van der Waals surface area contributed by atoms with Gasteiger partial charge in [0, 0.05) is 24.3 Å². The van der Waals surface area contributed by atoms with Gasteiger partial charge in [0.15, 0.2) is 5.75 Å². The Labute approximate surface area is 140 Å². The third-order valence-electron chi connectivity index (χ3n) is 2.98. The van der Waals surface area contributed by atoms with Gasteiger partial charge < -0.3 is 4.18 Å². The summed E-state index contributed by atoms with van der Waals surface area (Å²) in [4.78, 5) is 19.6. The van der Waals surface area contributed by atoms with E-state index in [0.29, 0.717) is 0 Å². The van der Waals surface area contributed by atoms with E-state index in [1.807, 2.05) is 0 Å². The summed E-state index contributed by atoms with van der Waals surface area (Å²) in [5.74, 6) is -0.326. The van der Waals surface area contributed by atoms with E-state index in [4.69, 9.17) is 15.8 Å². The van der Waals surface area contributed by atoms with Gasteiger partial charge in [-0.3, -0.25) is 20.2 Å². The lowest BCUT2D eigenvalue weighted by Crippen LogP contribution is -2.12. The van der Waals surface area contributed by atoms with Gasteiger partial charge in [0.25, 0.3) is 11.4 Å². The van der Waals surface area contributed by atoms with E-state index in [0.717, 1.165) is 30.3 Å². The summed E-state index contributed by atoms with van der Waals surface area (Å²) in [6, 6.07) is 6.29. The van der Waals surface area contributed by atoms with Gasteiger partial charge in [0.1, 0.15) is 4.90 Å². The molecule has 11 heteroatoms. The quantitative estimate of drug-likeness (QED) is 0.447. The van der Waals surface area contributed by atoms with E-state index in [1.54, 1.807) is 0 Å². The highest BCUT2D eigenvalue weighted by Crippen LogP contribution is 2.32. The van der Waals surface area contributed by atoms with Crippen molar-refractivity contribution in [2.24, 2.45) is 0 Å². The number of nitro benzene ring substituents is 2. The summed E-state index contributed by atoms with van der Waals surface area (Å²) in [6.07, 6.45) is 0. The van der Waals surface area contributed by atoms with Crippen molar-refractivity contribution in [1.82, 2.24) is 0 Å². The molecule has 2 aromatic rings. The van der Waals surface area contributed by atoms with Gasteiger partial charge in [-0.1, -0.05) is 17.7 Å². The molecule has 0 heterocycles. The highest BCUT2D eigenvalue weighted by molar-refractivity contribution is 7.87. The molecule has 0 saturated carbocycles. The number of aryl methyl sites for hydroxylation is 1. The van der Waals surface area contributed by atoms with E-state index < -0.39 is 30.5 Å². The van der Waals surface area contributed by atoms with Gasteiger partial charge in [0.2, 0.25) is 0 Å². The van der Waals surface area contributed by atoms with E-state index in [1.165, 1.54) is 13.0 Å². The molecule has 0 spiro atoms. The monoisotopic (exact) mass is 372 g/mol. The molecule has 0 amide bonds. The first kappa shape index (κ1) is 17.6. The third-order valence-corrected chi connectivity index (χ3v) is 4.65. The Hall–Kier alpha value is -2.72. The summed E-state index contributed by atoms with van der Waals surface area (Å²) in [5, 5.41) is 21.1. The molecule has 0 aromatic heterocycles. The van der Waals surface area contributed by atoms with E-state index >= 15 is 0 Å². The molecule has 0 saturated heterocycles. The zero-order chi connectivity index (χ0) is 18.1. The van der Waals surface area contributed by atoms with Gasteiger partial charge >= 0.3 is 10.1 Å². The molecule has 0 atom stereocenters. The lowest BCUT2D eigenvalue weighted by Gasteiger charge is -2.10.